The van der Waals surface area contributed by atoms with E-state index in [1.54, 1.807) is 0 Å². The first-order valence-electron chi connectivity index (χ1n) is 7.56. The lowest BCUT2D eigenvalue weighted by Crippen LogP contribution is -2.13. The molecule has 0 atom stereocenters. The number of aromatic nitrogens is 2. The Morgan fingerprint density at radius 2 is 1.67 bits per heavy atom. The molecule has 3 nitrogen and oxygen atoms in total. The van der Waals surface area contributed by atoms with Gasteiger partial charge in [-0.25, -0.2) is 4.98 Å². The Balaban J connectivity index is 1.99. The van der Waals surface area contributed by atoms with Crippen molar-refractivity contribution in [2.75, 3.05) is 5.73 Å². The van der Waals surface area contributed by atoms with Crippen molar-refractivity contribution in [1.29, 1.82) is 0 Å². The molecule has 3 heteroatoms. The van der Waals surface area contributed by atoms with Gasteiger partial charge in [0.2, 0.25) is 0 Å². The Morgan fingerprint density at radius 3 is 2.17 bits per heavy atom. The van der Waals surface area contributed by atoms with Crippen LogP contribution in [-0.2, 0) is 0 Å². The lowest BCUT2D eigenvalue weighted by atomic mass is 9.83. The third-order valence-corrected chi connectivity index (χ3v) is 4.73. The van der Waals surface area contributed by atoms with Crippen molar-refractivity contribution in [2.24, 2.45) is 0 Å². The van der Waals surface area contributed by atoms with Gasteiger partial charge in [-0.15, -0.1) is 0 Å². The molecule has 3 rings (SSSR count). The quantitative estimate of drug-likeness (QED) is 0.878. The molecule has 1 aromatic heterocycles. The molecule has 2 saturated carbocycles. The zero-order valence-electron chi connectivity index (χ0n) is 11.7. The smallest absolute Gasteiger partial charge is 0.127 e. The summed E-state index contributed by atoms with van der Waals surface area (Å²) < 4.78 is 2.31. The van der Waals surface area contributed by atoms with Crippen LogP contribution in [0.4, 0.5) is 5.82 Å². The number of nitrogen functional groups attached to an aromatic ring is 1. The maximum atomic E-state index is 6.38. The average Bonchev–Trinajstić information content (AvgIpc) is 2.84. The van der Waals surface area contributed by atoms with Crippen LogP contribution in [0.15, 0.2) is 0 Å². The third kappa shape index (κ3) is 1.84. The molecule has 1 heterocycles. The van der Waals surface area contributed by atoms with Crippen LogP contribution in [0.3, 0.4) is 0 Å². The first kappa shape index (κ1) is 12.1. The van der Waals surface area contributed by atoms with Gasteiger partial charge in [0.05, 0.1) is 5.69 Å². The van der Waals surface area contributed by atoms with Crippen LogP contribution in [0.5, 0.6) is 0 Å². The number of nitrogens with zero attached hydrogens (tertiary/aromatic N) is 2. The van der Waals surface area contributed by atoms with Crippen LogP contribution >= 0.6 is 0 Å². The summed E-state index contributed by atoms with van der Waals surface area (Å²) in [5, 5.41) is 0. The summed E-state index contributed by atoms with van der Waals surface area (Å²) in [7, 11) is 0. The number of imidazole rings is 1. The van der Waals surface area contributed by atoms with Crippen molar-refractivity contribution >= 4 is 5.82 Å². The molecule has 0 aromatic carbocycles. The Morgan fingerprint density at radius 1 is 1.06 bits per heavy atom. The number of hydrogen-bond acceptors (Lipinski definition) is 2. The summed E-state index contributed by atoms with van der Waals surface area (Å²) in [6.07, 6.45) is 9.22. The van der Waals surface area contributed by atoms with Crippen LogP contribution in [0.25, 0.3) is 0 Å². The zero-order chi connectivity index (χ0) is 12.7. The summed E-state index contributed by atoms with van der Waals surface area (Å²) in [6.45, 7) is 4.45. The van der Waals surface area contributed by atoms with Crippen LogP contribution in [0.1, 0.15) is 88.2 Å². The molecular weight excluding hydrogens is 222 g/mol. The van der Waals surface area contributed by atoms with Gasteiger partial charge in [0, 0.05) is 17.9 Å². The van der Waals surface area contributed by atoms with Gasteiger partial charge in [-0.2, -0.15) is 0 Å². The normalized spacial score (nSPS) is 21.7. The second kappa shape index (κ2) is 4.60. The van der Waals surface area contributed by atoms with E-state index >= 15 is 0 Å². The lowest BCUT2D eigenvalue weighted by molar-refractivity contribution is 0.412. The molecule has 1 aromatic rings. The van der Waals surface area contributed by atoms with E-state index < -0.39 is 0 Å². The fraction of sp³-hybridized carbons (Fsp3) is 0.800. The van der Waals surface area contributed by atoms with Gasteiger partial charge in [0.15, 0.2) is 0 Å². The van der Waals surface area contributed by atoms with Gasteiger partial charge in [0.25, 0.3) is 0 Å². The fourth-order valence-corrected chi connectivity index (χ4v) is 3.48. The maximum Gasteiger partial charge on any atom is 0.127 e. The zero-order valence-corrected chi connectivity index (χ0v) is 11.7. The van der Waals surface area contributed by atoms with Crippen molar-refractivity contribution in [3.05, 3.63) is 11.5 Å². The topological polar surface area (TPSA) is 43.8 Å². The van der Waals surface area contributed by atoms with Gasteiger partial charge in [-0.3, -0.25) is 0 Å². The molecule has 0 bridgehead atoms. The highest BCUT2D eigenvalue weighted by atomic mass is 15.2. The summed E-state index contributed by atoms with van der Waals surface area (Å²) in [5.74, 6) is 3.53. The highest BCUT2D eigenvalue weighted by Gasteiger charge is 2.31. The number of hydrogen-bond donors (Lipinski definition) is 1. The molecule has 0 saturated heterocycles. The first-order valence-corrected chi connectivity index (χ1v) is 7.56. The molecule has 100 valence electrons. The lowest BCUT2D eigenvalue weighted by Gasteiger charge is -2.24. The molecular formula is C15H25N3. The Bertz CT molecular complexity index is 423. The predicted molar refractivity (Wildman–Crippen MR) is 74.8 cm³/mol. The standard InChI is InChI=1S/C15H25N3/c1-10(2)18-14(16)13(11-8-5-9-11)17-15(18)12-6-3-4-7-12/h10-12H,3-9,16H2,1-2H3. The highest BCUT2D eigenvalue weighted by molar-refractivity contribution is 5.42. The molecule has 2 aliphatic carbocycles. The number of nitrogens with two attached hydrogens (primary N) is 1. The maximum absolute atomic E-state index is 6.38. The monoisotopic (exact) mass is 247 g/mol. The molecule has 18 heavy (non-hydrogen) atoms. The summed E-state index contributed by atoms with van der Waals surface area (Å²) >= 11 is 0. The molecule has 0 spiro atoms. The van der Waals surface area contributed by atoms with Crippen molar-refractivity contribution in [3.8, 4) is 0 Å². The minimum absolute atomic E-state index is 0.432. The van der Waals surface area contributed by atoms with Crippen LogP contribution in [-0.4, -0.2) is 9.55 Å². The van der Waals surface area contributed by atoms with E-state index in [-0.39, 0.29) is 0 Å². The van der Waals surface area contributed by atoms with Crippen LogP contribution < -0.4 is 5.73 Å². The van der Waals surface area contributed by atoms with Gasteiger partial charge in [0.1, 0.15) is 11.6 Å². The van der Waals surface area contributed by atoms with Crippen molar-refractivity contribution in [3.63, 3.8) is 0 Å². The van der Waals surface area contributed by atoms with Crippen molar-refractivity contribution in [2.45, 2.75) is 76.7 Å². The molecule has 2 aliphatic rings. The molecule has 0 unspecified atom stereocenters. The predicted octanol–water partition coefficient (Wildman–Crippen LogP) is 3.97. The molecule has 2 N–H and O–H groups in total. The first-order chi connectivity index (χ1) is 8.68. The Labute approximate surface area is 110 Å². The molecule has 2 fully saturated rings. The van der Waals surface area contributed by atoms with E-state index in [0.717, 1.165) is 5.82 Å². The fourth-order valence-electron chi connectivity index (χ4n) is 3.48. The Hall–Kier alpha value is -0.990. The van der Waals surface area contributed by atoms with Gasteiger partial charge in [-0.1, -0.05) is 19.3 Å². The Kier molecular flexibility index (Phi) is 3.08. The molecule has 0 aliphatic heterocycles. The van der Waals surface area contributed by atoms with Crippen LogP contribution in [0.2, 0.25) is 0 Å². The van der Waals surface area contributed by atoms with E-state index in [1.165, 1.54) is 56.5 Å². The van der Waals surface area contributed by atoms with Crippen LogP contribution in [0, 0.1) is 0 Å². The number of rotatable bonds is 3. The number of anilines is 1. The van der Waals surface area contributed by atoms with Gasteiger partial charge < -0.3 is 10.3 Å². The van der Waals surface area contributed by atoms with E-state index in [9.17, 15) is 0 Å². The molecule has 0 radical (unpaired) electrons. The van der Waals surface area contributed by atoms with Gasteiger partial charge in [-0.05, 0) is 39.5 Å². The van der Waals surface area contributed by atoms with E-state index in [2.05, 4.69) is 18.4 Å². The van der Waals surface area contributed by atoms with Crippen molar-refractivity contribution in [1.82, 2.24) is 9.55 Å². The van der Waals surface area contributed by atoms with E-state index in [1.807, 2.05) is 0 Å². The van der Waals surface area contributed by atoms with Gasteiger partial charge >= 0.3 is 0 Å². The minimum atomic E-state index is 0.432. The average molecular weight is 247 g/mol. The minimum Gasteiger partial charge on any atom is -0.384 e. The summed E-state index contributed by atoms with van der Waals surface area (Å²) in [6, 6.07) is 0.432. The van der Waals surface area contributed by atoms with Crippen molar-refractivity contribution < 1.29 is 0 Å². The molecule has 0 amide bonds. The van der Waals surface area contributed by atoms with E-state index in [4.69, 9.17) is 10.7 Å². The van der Waals surface area contributed by atoms with E-state index in [0.29, 0.717) is 17.9 Å². The highest BCUT2D eigenvalue weighted by Crippen LogP contribution is 2.42. The SMILES string of the molecule is CC(C)n1c(C2CCCC2)nc(C2CCC2)c1N. The summed E-state index contributed by atoms with van der Waals surface area (Å²) in [5.41, 5.74) is 7.59. The second-order valence-electron chi connectivity index (χ2n) is 6.31. The summed E-state index contributed by atoms with van der Waals surface area (Å²) in [4.78, 5) is 4.97. The second-order valence-corrected chi connectivity index (χ2v) is 6.31. The largest absolute Gasteiger partial charge is 0.384 e. The third-order valence-electron chi connectivity index (χ3n) is 4.73.